The smallest absolute Gasteiger partial charge is 0.0308 e. The largest absolute Gasteiger partial charge is 0.141 e. The Balaban J connectivity index is 1.78. The van der Waals surface area contributed by atoms with Crippen molar-refractivity contribution >= 4 is 23.0 Å². The summed E-state index contributed by atoms with van der Waals surface area (Å²) >= 11 is 1.93. The van der Waals surface area contributed by atoms with E-state index in [-0.39, 0.29) is 0 Å². The van der Waals surface area contributed by atoms with Gasteiger partial charge in [0.15, 0.2) is 0 Å². The topological polar surface area (TPSA) is 0 Å². The summed E-state index contributed by atoms with van der Waals surface area (Å²) in [6, 6.07) is 21.9. The van der Waals surface area contributed by atoms with Gasteiger partial charge >= 0.3 is 0 Å². The highest BCUT2D eigenvalue weighted by Crippen LogP contribution is 2.39. The highest BCUT2D eigenvalue weighted by molar-refractivity contribution is 7.13. The van der Waals surface area contributed by atoms with Gasteiger partial charge in [0.2, 0.25) is 0 Å². The molecule has 0 aliphatic heterocycles. The third-order valence-electron chi connectivity index (χ3n) is 4.31. The maximum atomic E-state index is 2.39. The molecule has 0 N–H and O–H groups in total. The van der Waals surface area contributed by atoms with E-state index in [9.17, 15) is 0 Å². The number of fused-ring (bicyclic) bond motifs is 1. The Kier molecular flexibility index (Phi) is 3.44. The molecular formula is C21H18S. The summed E-state index contributed by atoms with van der Waals surface area (Å²) in [4.78, 5) is 2.89. The number of hydrogen-bond donors (Lipinski definition) is 0. The highest BCUT2D eigenvalue weighted by Gasteiger charge is 2.18. The molecule has 22 heavy (non-hydrogen) atoms. The van der Waals surface area contributed by atoms with Gasteiger partial charge in [0.25, 0.3) is 0 Å². The molecule has 1 aromatic heterocycles. The van der Waals surface area contributed by atoms with Crippen molar-refractivity contribution in [3.63, 3.8) is 0 Å². The molecule has 0 saturated carbocycles. The van der Waals surface area contributed by atoms with Crippen molar-refractivity contribution in [3.8, 4) is 11.1 Å². The average Bonchev–Trinajstić information content (AvgIpc) is 3.21. The van der Waals surface area contributed by atoms with Gasteiger partial charge in [-0.25, -0.2) is 0 Å². The van der Waals surface area contributed by atoms with E-state index in [1.807, 2.05) is 11.3 Å². The number of thiophene rings is 1. The first-order chi connectivity index (χ1) is 10.8. The molecular weight excluding hydrogens is 284 g/mol. The van der Waals surface area contributed by atoms with Crippen LogP contribution in [0.4, 0.5) is 0 Å². The summed E-state index contributed by atoms with van der Waals surface area (Å²) < 4.78 is 0. The summed E-state index contributed by atoms with van der Waals surface area (Å²) in [6.07, 6.45) is 4.57. The molecule has 1 heteroatoms. The Bertz CT molecular complexity index is 837. The molecule has 1 heterocycles. The van der Waals surface area contributed by atoms with Gasteiger partial charge in [0, 0.05) is 9.75 Å². The molecule has 0 amide bonds. The molecule has 0 fully saturated rings. The normalized spacial score (nSPS) is 13.0. The summed E-state index contributed by atoms with van der Waals surface area (Å²) in [7, 11) is 0. The van der Waals surface area contributed by atoms with E-state index in [0.29, 0.717) is 0 Å². The number of benzene rings is 2. The first-order valence-corrected chi connectivity index (χ1v) is 8.64. The van der Waals surface area contributed by atoms with Crippen LogP contribution in [0.25, 0.3) is 22.8 Å². The van der Waals surface area contributed by atoms with Gasteiger partial charge in [-0.2, -0.15) is 0 Å². The van der Waals surface area contributed by atoms with Crippen molar-refractivity contribution in [2.45, 2.75) is 19.8 Å². The second-order valence-electron chi connectivity index (χ2n) is 5.71. The summed E-state index contributed by atoms with van der Waals surface area (Å²) in [6.45, 7) is 2.22. The minimum Gasteiger partial charge on any atom is -0.141 e. The van der Waals surface area contributed by atoms with Crippen molar-refractivity contribution in [2.24, 2.45) is 0 Å². The SMILES string of the molecule is CCc1ccc(C2=Cc3c(cccc3-c3ccccc3)C2)s1. The minimum atomic E-state index is 1.06. The molecule has 0 radical (unpaired) electrons. The molecule has 4 rings (SSSR count). The zero-order chi connectivity index (χ0) is 14.9. The predicted molar refractivity (Wildman–Crippen MR) is 97.2 cm³/mol. The van der Waals surface area contributed by atoms with Crippen LogP contribution in [0.5, 0.6) is 0 Å². The number of allylic oxidation sites excluding steroid dienone is 1. The number of hydrogen-bond acceptors (Lipinski definition) is 1. The van der Waals surface area contributed by atoms with Crippen LogP contribution in [0.3, 0.4) is 0 Å². The van der Waals surface area contributed by atoms with E-state index in [2.05, 4.69) is 73.7 Å². The monoisotopic (exact) mass is 302 g/mol. The lowest BCUT2D eigenvalue weighted by Gasteiger charge is -2.07. The Morgan fingerprint density at radius 1 is 0.909 bits per heavy atom. The average molecular weight is 302 g/mol. The Morgan fingerprint density at radius 3 is 2.55 bits per heavy atom. The van der Waals surface area contributed by atoms with Gasteiger partial charge < -0.3 is 0 Å². The lowest BCUT2D eigenvalue weighted by atomic mass is 9.97. The fraction of sp³-hybridized carbons (Fsp3) is 0.143. The maximum Gasteiger partial charge on any atom is 0.0308 e. The zero-order valence-corrected chi connectivity index (χ0v) is 13.5. The first-order valence-electron chi connectivity index (χ1n) is 7.82. The molecule has 1 aliphatic carbocycles. The Morgan fingerprint density at radius 2 is 1.77 bits per heavy atom. The summed E-state index contributed by atoms with van der Waals surface area (Å²) in [5.41, 5.74) is 6.96. The zero-order valence-electron chi connectivity index (χ0n) is 12.7. The first kappa shape index (κ1) is 13.5. The molecule has 0 bridgehead atoms. The van der Waals surface area contributed by atoms with Crippen molar-refractivity contribution in [1.29, 1.82) is 0 Å². The third kappa shape index (κ3) is 2.32. The van der Waals surface area contributed by atoms with Crippen molar-refractivity contribution in [3.05, 3.63) is 81.5 Å². The van der Waals surface area contributed by atoms with Crippen LogP contribution in [0.15, 0.2) is 60.7 Å². The van der Waals surface area contributed by atoms with Crippen LogP contribution in [0.2, 0.25) is 0 Å². The van der Waals surface area contributed by atoms with E-state index < -0.39 is 0 Å². The van der Waals surface area contributed by atoms with Crippen LogP contribution >= 0.6 is 11.3 Å². The van der Waals surface area contributed by atoms with Crippen molar-refractivity contribution in [1.82, 2.24) is 0 Å². The van der Waals surface area contributed by atoms with Crippen LogP contribution in [-0.2, 0) is 12.8 Å². The van der Waals surface area contributed by atoms with E-state index in [4.69, 9.17) is 0 Å². The van der Waals surface area contributed by atoms with Crippen LogP contribution in [-0.4, -0.2) is 0 Å². The second-order valence-corrected chi connectivity index (χ2v) is 6.88. The van der Waals surface area contributed by atoms with Crippen LogP contribution in [0, 0.1) is 0 Å². The maximum absolute atomic E-state index is 2.39. The van der Waals surface area contributed by atoms with E-state index in [0.717, 1.165) is 12.8 Å². The predicted octanol–water partition coefficient (Wildman–Crippen LogP) is 6.07. The molecule has 1 aliphatic rings. The quantitative estimate of drug-likeness (QED) is 0.550. The van der Waals surface area contributed by atoms with Crippen LogP contribution < -0.4 is 0 Å². The minimum absolute atomic E-state index is 1.06. The molecule has 2 aromatic carbocycles. The number of aryl methyl sites for hydroxylation is 1. The molecule has 0 atom stereocenters. The second kappa shape index (κ2) is 5.58. The van der Waals surface area contributed by atoms with E-state index in [1.54, 1.807) is 0 Å². The lowest BCUT2D eigenvalue weighted by molar-refractivity contribution is 1.19. The molecule has 0 spiro atoms. The van der Waals surface area contributed by atoms with Gasteiger partial charge in [-0.05, 0) is 58.9 Å². The summed E-state index contributed by atoms with van der Waals surface area (Å²) in [5.74, 6) is 0. The molecule has 108 valence electrons. The van der Waals surface area contributed by atoms with Crippen molar-refractivity contribution < 1.29 is 0 Å². The van der Waals surface area contributed by atoms with Crippen LogP contribution in [0.1, 0.15) is 27.8 Å². The van der Waals surface area contributed by atoms with Crippen molar-refractivity contribution in [2.75, 3.05) is 0 Å². The van der Waals surface area contributed by atoms with Gasteiger partial charge in [0.1, 0.15) is 0 Å². The van der Waals surface area contributed by atoms with E-state index in [1.165, 1.54) is 37.6 Å². The lowest BCUT2D eigenvalue weighted by Crippen LogP contribution is -1.86. The van der Waals surface area contributed by atoms with Gasteiger partial charge in [-0.15, -0.1) is 11.3 Å². The van der Waals surface area contributed by atoms with Gasteiger partial charge in [-0.3, -0.25) is 0 Å². The fourth-order valence-corrected chi connectivity index (χ4v) is 4.10. The van der Waals surface area contributed by atoms with Gasteiger partial charge in [0.05, 0.1) is 0 Å². The Hall–Kier alpha value is -2.12. The third-order valence-corrected chi connectivity index (χ3v) is 5.61. The van der Waals surface area contributed by atoms with E-state index >= 15 is 0 Å². The van der Waals surface area contributed by atoms with Gasteiger partial charge in [-0.1, -0.05) is 55.5 Å². The summed E-state index contributed by atoms with van der Waals surface area (Å²) in [5, 5.41) is 0. The standard InChI is InChI=1S/C21H18S/c1-2-18-11-12-21(22-18)17-13-16-9-6-10-19(20(16)14-17)15-7-4-3-5-8-15/h3-12,14H,2,13H2,1H3. The number of rotatable bonds is 3. The highest BCUT2D eigenvalue weighted by atomic mass is 32.1. The fourth-order valence-electron chi connectivity index (χ4n) is 3.14. The molecule has 3 aromatic rings. The Labute approximate surface area is 135 Å². The molecule has 0 unspecified atom stereocenters. The molecule has 0 nitrogen and oxygen atoms in total. The molecule has 0 saturated heterocycles.